The second-order valence-corrected chi connectivity index (χ2v) is 5.34. The van der Waals surface area contributed by atoms with Crippen LogP contribution < -0.4 is 5.73 Å². The zero-order valence-electron chi connectivity index (χ0n) is 10.9. The molecule has 0 bridgehead atoms. The van der Waals surface area contributed by atoms with Crippen molar-refractivity contribution in [3.05, 3.63) is 63.9 Å². The van der Waals surface area contributed by atoms with Crippen LogP contribution in [0.15, 0.2) is 46.9 Å². The number of anilines is 1. The van der Waals surface area contributed by atoms with Crippen molar-refractivity contribution >= 4 is 27.5 Å². The van der Waals surface area contributed by atoms with Gasteiger partial charge in [-0.1, -0.05) is 18.2 Å². The average molecular weight is 337 g/mol. The monoisotopic (exact) mass is 336 g/mol. The predicted molar refractivity (Wildman–Crippen MR) is 80.8 cm³/mol. The first-order valence-electron chi connectivity index (χ1n) is 6.03. The van der Waals surface area contributed by atoms with Crippen molar-refractivity contribution in [2.75, 3.05) is 12.8 Å². The van der Waals surface area contributed by atoms with E-state index in [1.54, 1.807) is 19.2 Å². The molecule has 0 saturated carbocycles. The quantitative estimate of drug-likeness (QED) is 0.872. The maximum Gasteiger partial charge on any atom is 0.254 e. The Morgan fingerprint density at radius 1 is 1.30 bits per heavy atom. The van der Waals surface area contributed by atoms with E-state index in [4.69, 9.17) is 5.73 Å². The average Bonchev–Trinajstić information content (AvgIpc) is 2.43. The number of amides is 1. The molecule has 0 heterocycles. The molecule has 0 spiro atoms. The molecule has 0 aliphatic heterocycles. The second-order valence-electron chi connectivity index (χ2n) is 4.49. The Bertz CT molecular complexity index is 646. The van der Waals surface area contributed by atoms with Crippen LogP contribution in [0.1, 0.15) is 15.9 Å². The van der Waals surface area contributed by atoms with E-state index in [1.807, 2.05) is 18.2 Å². The van der Waals surface area contributed by atoms with Gasteiger partial charge < -0.3 is 10.6 Å². The Labute approximate surface area is 125 Å². The van der Waals surface area contributed by atoms with Gasteiger partial charge in [0.05, 0.1) is 4.47 Å². The lowest BCUT2D eigenvalue weighted by Gasteiger charge is -2.18. The summed E-state index contributed by atoms with van der Waals surface area (Å²) in [6.45, 7) is 0.378. The molecule has 5 heteroatoms. The van der Waals surface area contributed by atoms with Gasteiger partial charge in [0.25, 0.3) is 5.91 Å². The van der Waals surface area contributed by atoms with Gasteiger partial charge in [-0.2, -0.15) is 0 Å². The van der Waals surface area contributed by atoms with Crippen LogP contribution in [0, 0.1) is 5.82 Å². The van der Waals surface area contributed by atoms with Crippen molar-refractivity contribution in [1.29, 1.82) is 0 Å². The minimum Gasteiger partial charge on any atom is -0.398 e. The maximum atomic E-state index is 13.5. The summed E-state index contributed by atoms with van der Waals surface area (Å²) in [5.74, 6) is -0.705. The fraction of sp³-hybridized carbons (Fsp3) is 0.133. The number of rotatable bonds is 3. The topological polar surface area (TPSA) is 46.3 Å². The van der Waals surface area contributed by atoms with Crippen molar-refractivity contribution in [3.8, 4) is 0 Å². The van der Waals surface area contributed by atoms with Gasteiger partial charge in [-0.25, -0.2) is 4.39 Å². The van der Waals surface area contributed by atoms with Crippen LogP contribution in [-0.4, -0.2) is 17.9 Å². The van der Waals surface area contributed by atoms with Crippen LogP contribution >= 0.6 is 15.9 Å². The Kier molecular flexibility index (Phi) is 4.39. The van der Waals surface area contributed by atoms with Gasteiger partial charge in [0.2, 0.25) is 0 Å². The minimum absolute atomic E-state index is 0.250. The summed E-state index contributed by atoms with van der Waals surface area (Å²) in [6.07, 6.45) is 0. The third-order valence-electron chi connectivity index (χ3n) is 2.98. The second kappa shape index (κ2) is 6.05. The Hall–Kier alpha value is -1.88. The standard InChI is InChI=1S/C15H14BrFN2O/c1-19(9-11-4-2-3-5-14(11)18)15(20)10-6-7-12(16)13(17)8-10/h2-8H,9,18H2,1H3. The molecule has 3 nitrogen and oxygen atoms in total. The zero-order valence-corrected chi connectivity index (χ0v) is 12.5. The van der Waals surface area contributed by atoms with Gasteiger partial charge >= 0.3 is 0 Å². The van der Waals surface area contributed by atoms with Crippen LogP contribution in [0.25, 0.3) is 0 Å². The third-order valence-corrected chi connectivity index (χ3v) is 3.62. The highest BCUT2D eigenvalue weighted by Gasteiger charge is 2.14. The molecule has 20 heavy (non-hydrogen) atoms. The SMILES string of the molecule is CN(Cc1ccccc1N)C(=O)c1ccc(Br)c(F)c1. The van der Waals surface area contributed by atoms with Crippen LogP contribution in [0.2, 0.25) is 0 Å². The minimum atomic E-state index is -0.455. The summed E-state index contributed by atoms with van der Waals surface area (Å²) in [4.78, 5) is 13.7. The first kappa shape index (κ1) is 14.5. The third kappa shape index (κ3) is 3.17. The number of nitrogens with two attached hydrogens (primary N) is 1. The summed E-state index contributed by atoms with van der Waals surface area (Å²) in [6, 6.07) is 11.7. The summed E-state index contributed by atoms with van der Waals surface area (Å²) in [5, 5.41) is 0. The van der Waals surface area contributed by atoms with Crippen LogP contribution in [0.3, 0.4) is 0 Å². The molecule has 0 aromatic heterocycles. The van der Waals surface area contributed by atoms with E-state index in [-0.39, 0.29) is 5.91 Å². The number of nitrogen functional groups attached to an aromatic ring is 1. The number of para-hydroxylation sites is 1. The smallest absolute Gasteiger partial charge is 0.254 e. The van der Waals surface area contributed by atoms with Gasteiger partial charge in [-0.05, 0) is 45.8 Å². The van der Waals surface area contributed by atoms with Crippen molar-refractivity contribution in [2.24, 2.45) is 0 Å². The molecule has 2 N–H and O–H groups in total. The van der Waals surface area contributed by atoms with E-state index in [0.717, 1.165) is 5.56 Å². The lowest BCUT2D eigenvalue weighted by atomic mass is 10.1. The van der Waals surface area contributed by atoms with Crippen molar-refractivity contribution in [3.63, 3.8) is 0 Å². The highest BCUT2D eigenvalue weighted by atomic mass is 79.9. The number of carbonyl (C=O) groups excluding carboxylic acids is 1. The van der Waals surface area contributed by atoms with Gasteiger partial charge in [0.1, 0.15) is 5.82 Å². The van der Waals surface area contributed by atoms with Crippen molar-refractivity contribution < 1.29 is 9.18 Å². The molecule has 2 aromatic carbocycles. The van der Waals surface area contributed by atoms with E-state index >= 15 is 0 Å². The Morgan fingerprint density at radius 2 is 2.00 bits per heavy atom. The molecule has 104 valence electrons. The van der Waals surface area contributed by atoms with Crippen molar-refractivity contribution in [1.82, 2.24) is 4.90 Å². The number of nitrogens with zero attached hydrogens (tertiary/aromatic N) is 1. The normalized spacial score (nSPS) is 10.3. The molecule has 2 aromatic rings. The van der Waals surface area contributed by atoms with Crippen LogP contribution in [-0.2, 0) is 6.54 Å². The van der Waals surface area contributed by atoms with Gasteiger partial charge in [0.15, 0.2) is 0 Å². The molecule has 0 fully saturated rings. The lowest BCUT2D eigenvalue weighted by Crippen LogP contribution is -2.26. The molecule has 1 amide bonds. The molecule has 0 saturated heterocycles. The number of benzene rings is 2. The molecule has 0 atom stereocenters. The molecule has 0 aliphatic carbocycles. The molecule has 2 rings (SSSR count). The first-order valence-corrected chi connectivity index (χ1v) is 6.82. The van der Waals surface area contributed by atoms with E-state index in [1.165, 1.54) is 17.0 Å². The number of halogens is 2. The van der Waals surface area contributed by atoms with Gasteiger partial charge in [0, 0.05) is 24.8 Å². The maximum absolute atomic E-state index is 13.5. The molecule has 0 radical (unpaired) electrons. The van der Waals surface area contributed by atoms with E-state index in [9.17, 15) is 9.18 Å². The van der Waals surface area contributed by atoms with Crippen molar-refractivity contribution in [2.45, 2.75) is 6.54 Å². The Morgan fingerprint density at radius 3 is 2.65 bits per heavy atom. The highest BCUT2D eigenvalue weighted by molar-refractivity contribution is 9.10. The molecule has 0 aliphatic rings. The van der Waals surface area contributed by atoms with E-state index in [0.29, 0.717) is 22.3 Å². The fourth-order valence-electron chi connectivity index (χ4n) is 1.86. The summed E-state index contributed by atoms with van der Waals surface area (Å²) >= 11 is 3.06. The summed E-state index contributed by atoms with van der Waals surface area (Å²) in [5.41, 5.74) is 7.65. The summed E-state index contributed by atoms with van der Waals surface area (Å²) < 4.78 is 13.8. The Balaban J connectivity index is 2.16. The van der Waals surface area contributed by atoms with E-state index < -0.39 is 5.82 Å². The zero-order chi connectivity index (χ0) is 14.7. The van der Waals surface area contributed by atoms with Gasteiger partial charge in [-0.15, -0.1) is 0 Å². The summed E-state index contributed by atoms with van der Waals surface area (Å²) in [7, 11) is 1.66. The number of hydrogen-bond donors (Lipinski definition) is 1. The molecule has 0 unspecified atom stereocenters. The number of carbonyl (C=O) groups is 1. The number of hydrogen-bond acceptors (Lipinski definition) is 2. The molecular weight excluding hydrogens is 323 g/mol. The van der Waals surface area contributed by atoms with Crippen LogP contribution in [0.5, 0.6) is 0 Å². The first-order chi connectivity index (χ1) is 9.49. The van der Waals surface area contributed by atoms with Gasteiger partial charge in [-0.3, -0.25) is 4.79 Å². The van der Waals surface area contributed by atoms with E-state index in [2.05, 4.69) is 15.9 Å². The predicted octanol–water partition coefficient (Wildman–Crippen LogP) is 3.44. The fourth-order valence-corrected chi connectivity index (χ4v) is 2.10. The largest absolute Gasteiger partial charge is 0.398 e. The van der Waals surface area contributed by atoms with Crippen LogP contribution in [0.4, 0.5) is 10.1 Å². The highest BCUT2D eigenvalue weighted by Crippen LogP contribution is 2.18. The lowest BCUT2D eigenvalue weighted by molar-refractivity contribution is 0.0785. The molecular formula is C15H14BrFN2O.